The third kappa shape index (κ3) is 2.59. The zero-order valence-electron chi connectivity index (χ0n) is 10.0. The second-order valence-electron chi connectivity index (χ2n) is 4.52. The highest BCUT2D eigenvalue weighted by atomic mass is 79.9. The molecule has 16 heavy (non-hydrogen) atoms. The summed E-state index contributed by atoms with van der Waals surface area (Å²) in [6.45, 7) is 6.89. The molecule has 4 heteroatoms. The van der Waals surface area contributed by atoms with Gasteiger partial charge in [0.2, 0.25) is 0 Å². The lowest BCUT2D eigenvalue weighted by molar-refractivity contribution is 0.438. The molecule has 2 nitrogen and oxygen atoms in total. The van der Waals surface area contributed by atoms with Crippen molar-refractivity contribution in [3.05, 3.63) is 10.6 Å². The lowest BCUT2D eigenvalue weighted by atomic mass is 10.00. The fraction of sp³-hybridized carbons (Fsp3) is 0.750. The van der Waals surface area contributed by atoms with Gasteiger partial charge in [-0.25, -0.2) is 4.98 Å². The van der Waals surface area contributed by atoms with Gasteiger partial charge in [-0.15, -0.1) is 11.3 Å². The molecule has 0 saturated carbocycles. The first-order valence-corrected chi connectivity index (χ1v) is 7.97. The Kier molecular flexibility index (Phi) is 4.25. The van der Waals surface area contributed by atoms with Gasteiger partial charge < -0.3 is 4.90 Å². The maximum absolute atomic E-state index is 4.76. The van der Waals surface area contributed by atoms with Crippen LogP contribution in [0.25, 0.3) is 0 Å². The molecule has 0 N–H and O–H groups in total. The molecule has 1 saturated heterocycles. The van der Waals surface area contributed by atoms with Crippen molar-refractivity contribution < 1.29 is 0 Å². The van der Waals surface area contributed by atoms with Crippen LogP contribution < -0.4 is 4.90 Å². The normalized spacial score (nSPS) is 18.1. The molecule has 0 bridgehead atoms. The monoisotopic (exact) mass is 302 g/mol. The lowest BCUT2D eigenvalue weighted by Gasteiger charge is -2.29. The number of halogens is 1. The summed E-state index contributed by atoms with van der Waals surface area (Å²) in [4.78, 5) is 8.62. The number of aryl methyl sites for hydroxylation is 1. The SMILES string of the molecule is CCc1nc(N2CCC(C)CC2)sc1CBr. The van der Waals surface area contributed by atoms with Crippen LogP contribution in [0, 0.1) is 5.92 Å². The zero-order valence-corrected chi connectivity index (χ0v) is 12.4. The number of nitrogens with zero attached hydrogens (tertiary/aromatic N) is 2. The van der Waals surface area contributed by atoms with Crippen molar-refractivity contribution in [3.63, 3.8) is 0 Å². The van der Waals surface area contributed by atoms with Crippen LogP contribution in [0.4, 0.5) is 5.13 Å². The van der Waals surface area contributed by atoms with Crippen LogP contribution in [0.2, 0.25) is 0 Å². The molecule has 2 heterocycles. The second kappa shape index (κ2) is 5.50. The summed E-state index contributed by atoms with van der Waals surface area (Å²) in [6.07, 6.45) is 3.66. The van der Waals surface area contributed by atoms with Crippen molar-refractivity contribution in [1.82, 2.24) is 4.98 Å². The van der Waals surface area contributed by atoms with Gasteiger partial charge in [0.05, 0.1) is 5.69 Å². The van der Waals surface area contributed by atoms with Crippen LogP contribution in [-0.2, 0) is 11.8 Å². The highest BCUT2D eigenvalue weighted by Crippen LogP contribution is 2.31. The van der Waals surface area contributed by atoms with Gasteiger partial charge in [0.15, 0.2) is 5.13 Å². The first-order valence-electron chi connectivity index (χ1n) is 6.04. The molecule has 1 fully saturated rings. The Hall–Kier alpha value is -0.0900. The zero-order chi connectivity index (χ0) is 11.5. The fourth-order valence-electron chi connectivity index (χ4n) is 2.09. The number of rotatable bonds is 3. The van der Waals surface area contributed by atoms with Crippen molar-refractivity contribution in [3.8, 4) is 0 Å². The molecule has 0 aromatic carbocycles. The topological polar surface area (TPSA) is 16.1 Å². The summed E-state index contributed by atoms with van der Waals surface area (Å²) < 4.78 is 0. The number of hydrogen-bond donors (Lipinski definition) is 0. The van der Waals surface area contributed by atoms with E-state index in [9.17, 15) is 0 Å². The summed E-state index contributed by atoms with van der Waals surface area (Å²) in [5.74, 6) is 0.887. The first kappa shape index (κ1) is 12.4. The molecule has 2 rings (SSSR count). The predicted molar refractivity (Wildman–Crippen MR) is 74.7 cm³/mol. The highest BCUT2D eigenvalue weighted by molar-refractivity contribution is 9.08. The highest BCUT2D eigenvalue weighted by Gasteiger charge is 2.19. The largest absolute Gasteiger partial charge is 0.348 e. The van der Waals surface area contributed by atoms with Crippen molar-refractivity contribution >= 4 is 32.4 Å². The molecule has 1 aromatic heterocycles. The Morgan fingerprint density at radius 1 is 1.44 bits per heavy atom. The second-order valence-corrected chi connectivity index (χ2v) is 6.15. The molecule has 0 aliphatic carbocycles. The van der Waals surface area contributed by atoms with E-state index >= 15 is 0 Å². The number of hydrogen-bond acceptors (Lipinski definition) is 3. The van der Waals surface area contributed by atoms with E-state index in [1.54, 1.807) is 0 Å². The number of piperidine rings is 1. The van der Waals surface area contributed by atoms with Gasteiger partial charge in [0.25, 0.3) is 0 Å². The Morgan fingerprint density at radius 3 is 2.62 bits per heavy atom. The molecular formula is C12H19BrN2S. The van der Waals surface area contributed by atoms with E-state index in [1.807, 2.05) is 11.3 Å². The van der Waals surface area contributed by atoms with E-state index in [0.717, 1.165) is 17.7 Å². The number of thiazole rings is 1. The molecule has 90 valence electrons. The van der Waals surface area contributed by atoms with Crippen LogP contribution in [0.1, 0.15) is 37.3 Å². The van der Waals surface area contributed by atoms with Crippen molar-refractivity contribution in [2.24, 2.45) is 5.92 Å². The van der Waals surface area contributed by atoms with Crippen molar-refractivity contribution in [2.75, 3.05) is 18.0 Å². The average molecular weight is 303 g/mol. The third-order valence-corrected chi connectivity index (χ3v) is 5.37. The molecule has 0 unspecified atom stereocenters. The minimum atomic E-state index is 0.887. The van der Waals surface area contributed by atoms with E-state index in [0.29, 0.717) is 0 Å². The molecule has 1 aromatic rings. The van der Waals surface area contributed by atoms with Crippen LogP contribution in [0.3, 0.4) is 0 Å². The van der Waals surface area contributed by atoms with E-state index in [1.165, 1.54) is 41.6 Å². The van der Waals surface area contributed by atoms with E-state index in [2.05, 4.69) is 34.7 Å². The Labute approximate surface area is 110 Å². The lowest BCUT2D eigenvalue weighted by Crippen LogP contribution is -2.32. The van der Waals surface area contributed by atoms with Gasteiger partial charge in [-0.2, -0.15) is 0 Å². The van der Waals surface area contributed by atoms with Crippen molar-refractivity contribution in [2.45, 2.75) is 38.4 Å². The minimum absolute atomic E-state index is 0.887. The van der Waals surface area contributed by atoms with Gasteiger partial charge in [0.1, 0.15) is 0 Å². The Morgan fingerprint density at radius 2 is 2.12 bits per heavy atom. The molecule has 1 aliphatic rings. The maximum atomic E-state index is 4.76. The molecule has 0 atom stereocenters. The summed E-state index contributed by atoms with van der Waals surface area (Å²) in [5, 5.41) is 2.18. The third-order valence-electron chi connectivity index (χ3n) is 3.28. The summed E-state index contributed by atoms with van der Waals surface area (Å²) in [7, 11) is 0. The molecule has 1 aliphatic heterocycles. The number of anilines is 1. The number of aromatic nitrogens is 1. The van der Waals surface area contributed by atoms with Gasteiger partial charge >= 0.3 is 0 Å². The molecule has 0 amide bonds. The van der Waals surface area contributed by atoms with Crippen LogP contribution >= 0.6 is 27.3 Å². The van der Waals surface area contributed by atoms with Gasteiger partial charge in [-0.1, -0.05) is 29.8 Å². The Balaban J connectivity index is 2.11. The molecule has 0 radical (unpaired) electrons. The Bertz CT molecular complexity index is 321. The predicted octanol–water partition coefficient (Wildman–Crippen LogP) is 3.84. The fourth-order valence-corrected chi connectivity index (χ4v) is 3.80. The first-order chi connectivity index (χ1) is 7.74. The van der Waals surface area contributed by atoms with Crippen LogP contribution in [0.15, 0.2) is 0 Å². The summed E-state index contributed by atoms with van der Waals surface area (Å²) in [6, 6.07) is 0. The smallest absolute Gasteiger partial charge is 0.185 e. The van der Waals surface area contributed by atoms with Gasteiger partial charge in [0, 0.05) is 23.3 Å². The summed E-state index contributed by atoms with van der Waals surface area (Å²) in [5.41, 5.74) is 1.27. The average Bonchev–Trinajstić information content (AvgIpc) is 2.73. The van der Waals surface area contributed by atoms with Crippen LogP contribution in [-0.4, -0.2) is 18.1 Å². The summed E-state index contributed by atoms with van der Waals surface area (Å²) >= 11 is 5.41. The van der Waals surface area contributed by atoms with Crippen LogP contribution in [0.5, 0.6) is 0 Å². The van der Waals surface area contributed by atoms with Gasteiger partial charge in [-0.05, 0) is 25.2 Å². The standard InChI is InChI=1S/C12H19BrN2S/c1-3-10-11(8-13)16-12(14-10)15-6-4-9(2)5-7-15/h9H,3-8H2,1-2H3. The van der Waals surface area contributed by atoms with E-state index < -0.39 is 0 Å². The quantitative estimate of drug-likeness (QED) is 0.789. The molecule has 0 spiro atoms. The van der Waals surface area contributed by atoms with E-state index in [4.69, 9.17) is 4.98 Å². The van der Waals surface area contributed by atoms with Crippen molar-refractivity contribution in [1.29, 1.82) is 0 Å². The van der Waals surface area contributed by atoms with E-state index in [-0.39, 0.29) is 0 Å². The maximum Gasteiger partial charge on any atom is 0.185 e. The van der Waals surface area contributed by atoms with Gasteiger partial charge in [-0.3, -0.25) is 0 Å². The minimum Gasteiger partial charge on any atom is -0.348 e. The molecular weight excluding hydrogens is 284 g/mol. The number of alkyl halides is 1.